The predicted octanol–water partition coefficient (Wildman–Crippen LogP) is 3.17. The summed E-state index contributed by atoms with van der Waals surface area (Å²) in [6.45, 7) is 1.43. The summed E-state index contributed by atoms with van der Waals surface area (Å²) in [5.74, 6) is 0. The summed E-state index contributed by atoms with van der Waals surface area (Å²) in [6, 6.07) is 20.1. The first-order chi connectivity index (χ1) is 12.8. The van der Waals surface area contributed by atoms with Crippen LogP contribution in [-0.2, 0) is 36.9 Å². The summed E-state index contributed by atoms with van der Waals surface area (Å²) >= 11 is 0. The number of hydrogen-bond acceptors (Lipinski definition) is 5. The van der Waals surface area contributed by atoms with Crippen LogP contribution in [-0.4, -0.2) is 45.4 Å². The van der Waals surface area contributed by atoms with Crippen molar-refractivity contribution in [2.24, 2.45) is 0 Å². The van der Waals surface area contributed by atoms with Crippen LogP contribution in [0, 0.1) is 0 Å². The monoisotopic (exact) mass is 358 g/mol. The Bertz CT molecular complexity index is 633. The van der Waals surface area contributed by atoms with E-state index in [1.807, 2.05) is 60.7 Å². The molecule has 4 atom stereocenters. The molecule has 0 saturated carbocycles. The Hall–Kier alpha value is -1.76. The van der Waals surface area contributed by atoms with Gasteiger partial charge >= 0.3 is 0 Å². The van der Waals surface area contributed by atoms with Gasteiger partial charge in [0.1, 0.15) is 18.3 Å². The molecular formula is C21H26O5. The van der Waals surface area contributed by atoms with Gasteiger partial charge < -0.3 is 23.7 Å². The second-order valence-electron chi connectivity index (χ2n) is 6.24. The van der Waals surface area contributed by atoms with E-state index in [-0.39, 0.29) is 18.3 Å². The van der Waals surface area contributed by atoms with Gasteiger partial charge in [-0.3, -0.25) is 0 Å². The molecule has 3 rings (SSSR count). The number of rotatable bonds is 9. The number of benzene rings is 2. The summed E-state index contributed by atoms with van der Waals surface area (Å²) in [7, 11) is 3.25. The summed E-state index contributed by atoms with van der Waals surface area (Å²) in [6.07, 6.45) is -1.28. The maximum absolute atomic E-state index is 6.13. The summed E-state index contributed by atoms with van der Waals surface area (Å²) < 4.78 is 28.9. The normalized spacial score (nSPS) is 25.5. The molecule has 26 heavy (non-hydrogen) atoms. The molecule has 0 radical (unpaired) electrons. The molecule has 0 spiro atoms. The minimum absolute atomic E-state index is 0.252. The van der Waals surface area contributed by atoms with Crippen LogP contribution >= 0.6 is 0 Å². The van der Waals surface area contributed by atoms with Crippen molar-refractivity contribution in [2.45, 2.75) is 37.8 Å². The molecule has 0 bridgehead atoms. The van der Waals surface area contributed by atoms with Crippen LogP contribution in [0.5, 0.6) is 0 Å². The van der Waals surface area contributed by atoms with Crippen LogP contribution in [0.3, 0.4) is 0 Å². The lowest BCUT2D eigenvalue weighted by Gasteiger charge is -2.23. The van der Waals surface area contributed by atoms with Gasteiger partial charge in [-0.1, -0.05) is 60.7 Å². The van der Waals surface area contributed by atoms with Gasteiger partial charge in [-0.15, -0.1) is 0 Å². The molecule has 1 aliphatic heterocycles. The SMILES string of the molecule is CO[C@H]1O[C@H](COCc2ccccc2)[C@@H](OCc2ccccc2)[C@H]1OC. The number of hydrogen-bond donors (Lipinski definition) is 0. The minimum atomic E-state index is -0.467. The lowest BCUT2D eigenvalue weighted by atomic mass is 10.1. The van der Waals surface area contributed by atoms with Crippen LogP contribution in [0.15, 0.2) is 60.7 Å². The molecule has 0 N–H and O–H groups in total. The van der Waals surface area contributed by atoms with Crippen LogP contribution in [0.25, 0.3) is 0 Å². The molecular weight excluding hydrogens is 332 g/mol. The van der Waals surface area contributed by atoms with Crippen molar-refractivity contribution in [1.82, 2.24) is 0 Å². The topological polar surface area (TPSA) is 46.2 Å². The highest BCUT2D eigenvalue weighted by molar-refractivity contribution is 5.14. The first-order valence-corrected chi connectivity index (χ1v) is 8.80. The maximum atomic E-state index is 6.13. The molecule has 0 aromatic heterocycles. The predicted molar refractivity (Wildman–Crippen MR) is 97.6 cm³/mol. The van der Waals surface area contributed by atoms with Crippen molar-refractivity contribution in [3.8, 4) is 0 Å². The first kappa shape index (κ1) is 19.0. The van der Waals surface area contributed by atoms with Gasteiger partial charge in [-0.25, -0.2) is 0 Å². The molecule has 1 aliphatic rings. The zero-order valence-electron chi connectivity index (χ0n) is 15.2. The van der Waals surface area contributed by atoms with Crippen LogP contribution in [0.1, 0.15) is 11.1 Å². The molecule has 2 aromatic carbocycles. The van der Waals surface area contributed by atoms with Gasteiger partial charge in [0, 0.05) is 14.2 Å². The zero-order valence-corrected chi connectivity index (χ0v) is 15.2. The van der Waals surface area contributed by atoms with Crippen LogP contribution in [0.4, 0.5) is 0 Å². The van der Waals surface area contributed by atoms with Gasteiger partial charge in [0.2, 0.25) is 0 Å². The second kappa shape index (κ2) is 9.80. The van der Waals surface area contributed by atoms with Gasteiger partial charge in [0.25, 0.3) is 0 Å². The number of methoxy groups -OCH3 is 2. The van der Waals surface area contributed by atoms with E-state index in [2.05, 4.69) is 0 Å². The molecule has 5 nitrogen and oxygen atoms in total. The highest BCUT2D eigenvalue weighted by Crippen LogP contribution is 2.28. The average molecular weight is 358 g/mol. The van der Waals surface area contributed by atoms with E-state index in [9.17, 15) is 0 Å². The molecule has 1 fully saturated rings. The fourth-order valence-corrected chi connectivity index (χ4v) is 3.10. The molecule has 0 unspecified atom stereocenters. The lowest BCUT2D eigenvalue weighted by Crippen LogP contribution is -2.38. The summed E-state index contributed by atoms with van der Waals surface area (Å²) in [5.41, 5.74) is 2.23. The van der Waals surface area contributed by atoms with E-state index < -0.39 is 6.29 Å². The highest BCUT2D eigenvalue weighted by Gasteiger charge is 2.46. The van der Waals surface area contributed by atoms with Crippen molar-refractivity contribution in [2.75, 3.05) is 20.8 Å². The molecule has 140 valence electrons. The van der Waals surface area contributed by atoms with E-state index in [4.69, 9.17) is 23.7 Å². The summed E-state index contributed by atoms with van der Waals surface area (Å²) in [5, 5.41) is 0. The Kier molecular flexibility index (Phi) is 7.17. The van der Waals surface area contributed by atoms with E-state index in [0.717, 1.165) is 11.1 Å². The third kappa shape index (κ3) is 4.90. The van der Waals surface area contributed by atoms with Gasteiger partial charge in [0.15, 0.2) is 6.29 Å². The Morgan fingerprint density at radius 3 is 1.96 bits per heavy atom. The lowest BCUT2D eigenvalue weighted by molar-refractivity contribution is -0.162. The summed E-state index contributed by atoms with van der Waals surface area (Å²) in [4.78, 5) is 0. The van der Waals surface area contributed by atoms with Crippen LogP contribution in [0.2, 0.25) is 0 Å². The fourth-order valence-electron chi connectivity index (χ4n) is 3.10. The quantitative estimate of drug-likeness (QED) is 0.689. The van der Waals surface area contributed by atoms with Gasteiger partial charge in [-0.05, 0) is 11.1 Å². The Balaban J connectivity index is 1.59. The van der Waals surface area contributed by atoms with Crippen molar-refractivity contribution >= 4 is 0 Å². The minimum Gasteiger partial charge on any atom is -0.374 e. The van der Waals surface area contributed by atoms with E-state index >= 15 is 0 Å². The standard InChI is InChI=1S/C21H26O5/c1-22-20-19(25-14-17-11-7-4-8-12-17)18(26-21(20)23-2)15-24-13-16-9-5-3-6-10-16/h3-12,18-21H,13-15H2,1-2H3/t18-,19-,20-,21+/m1/s1. The molecule has 0 amide bonds. The van der Waals surface area contributed by atoms with Crippen LogP contribution < -0.4 is 0 Å². The third-order valence-corrected chi connectivity index (χ3v) is 4.45. The van der Waals surface area contributed by atoms with E-state index in [1.54, 1.807) is 14.2 Å². The maximum Gasteiger partial charge on any atom is 0.186 e. The van der Waals surface area contributed by atoms with Gasteiger partial charge in [-0.2, -0.15) is 0 Å². The molecule has 5 heteroatoms. The Labute approximate surface area is 154 Å². The van der Waals surface area contributed by atoms with E-state index in [1.165, 1.54) is 0 Å². The number of ether oxygens (including phenoxy) is 5. The fraction of sp³-hybridized carbons (Fsp3) is 0.429. The van der Waals surface area contributed by atoms with Crippen molar-refractivity contribution in [1.29, 1.82) is 0 Å². The molecule has 0 aliphatic carbocycles. The molecule has 1 saturated heterocycles. The molecule has 1 heterocycles. The largest absolute Gasteiger partial charge is 0.374 e. The first-order valence-electron chi connectivity index (χ1n) is 8.80. The zero-order chi connectivity index (χ0) is 18.2. The van der Waals surface area contributed by atoms with Crippen molar-refractivity contribution in [3.63, 3.8) is 0 Å². The highest BCUT2D eigenvalue weighted by atomic mass is 16.7. The Morgan fingerprint density at radius 1 is 0.769 bits per heavy atom. The Morgan fingerprint density at radius 2 is 1.38 bits per heavy atom. The van der Waals surface area contributed by atoms with Crippen molar-refractivity contribution in [3.05, 3.63) is 71.8 Å². The third-order valence-electron chi connectivity index (χ3n) is 4.45. The second-order valence-corrected chi connectivity index (χ2v) is 6.24. The smallest absolute Gasteiger partial charge is 0.186 e. The molecule has 2 aromatic rings. The van der Waals surface area contributed by atoms with E-state index in [0.29, 0.717) is 19.8 Å². The van der Waals surface area contributed by atoms with Gasteiger partial charge in [0.05, 0.1) is 19.8 Å². The van der Waals surface area contributed by atoms with Crippen molar-refractivity contribution < 1.29 is 23.7 Å². The average Bonchev–Trinajstić information content (AvgIpc) is 3.04.